The average molecular weight is 192 g/mol. The zero-order valence-corrected chi connectivity index (χ0v) is 7.86. The lowest BCUT2D eigenvalue weighted by atomic mass is 10.1. The van der Waals surface area contributed by atoms with Crippen molar-refractivity contribution in [1.82, 2.24) is 0 Å². The Kier molecular flexibility index (Phi) is 9.98. The molecule has 78 valence electrons. The molecule has 1 unspecified atom stereocenters. The molecule has 0 aliphatic heterocycles. The minimum Gasteiger partial charge on any atom is -0.481 e. The number of carboxylic acids is 2. The van der Waals surface area contributed by atoms with Gasteiger partial charge in [-0.3, -0.25) is 9.59 Å². The van der Waals surface area contributed by atoms with Crippen molar-refractivity contribution in [3.8, 4) is 0 Å². The molecule has 0 radical (unpaired) electrons. The number of rotatable bonds is 4. The number of carbonyl (C=O) groups is 2. The second kappa shape index (κ2) is 8.99. The SMILES string of the molecule is CC(CC(=O)O)C(=O)O.CCCO. The van der Waals surface area contributed by atoms with Crippen LogP contribution in [0.25, 0.3) is 0 Å². The quantitative estimate of drug-likeness (QED) is 0.605. The third-order valence-electron chi connectivity index (χ3n) is 1.13. The van der Waals surface area contributed by atoms with Crippen LogP contribution in [0.3, 0.4) is 0 Å². The summed E-state index contributed by atoms with van der Waals surface area (Å²) < 4.78 is 0. The number of aliphatic hydroxyl groups is 1. The number of aliphatic hydroxyl groups excluding tert-OH is 1. The number of hydrogen-bond donors (Lipinski definition) is 3. The molecule has 13 heavy (non-hydrogen) atoms. The van der Waals surface area contributed by atoms with Crippen LogP contribution in [0, 0.1) is 5.92 Å². The van der Waals surface area contributed by atoms with Crippen LogP contribution in [0.5, 0.6) is 0 Å². The molecule has 5 heteroatoms. The third kappa shape index (κ3) is 13.8. The Bertz CT molecular complexity index is 153. The van der Waals surface area contributed by atoms with Gasteiger partial charge in [-0.25, -0.2) is 0 Å². The lowest BCUT2D eigenvalue weighted by Gasteiger charge is -1.98. The van der Waals surface area contributed by atoms with Crippen molar-refractivity contribution in [2.24, 2.45) is 5.92 Å². The van der Waals surface area contributed by atoms with E-state index < -0.39 is 17.9 Å². The third-order valence-corrected chi connectivity index (χ3v) is 1.13. The first-order valence-electron chi connectivity index (χ1n) is 4.01. The second-order valence-corrected chi connectivity index (χ2v) is 2.56. The van der Waals surface area contributed by atoms with Crippen molar-refractivity contribution in [3.63, 3.8) is 0 Å². The minimum absolute atomic E-state index is 0.310. The fraction of sp³-hybridized carbons (Fsp3) is 0.750. The van der Waals surface area contributed by atoms with E-state index >= 15 is 0 Å². The Balaban J connectivity index is 0. The van der Waals surface area contributed by atoms with Gasteiger partial charge in [-0.05, 0) is 6.42 Å². The summed E-state index contributed by atoms with van der Waals surface area (Å²) in [5.41, 5.74) is 0. The van der Waals surface area contributed by atoms with Gasteiger partial charge >= 0.3 is 11.9 Å². The van der Waals surface area contributed by atoms with Gasteiger partial charge in [0.25, 0.3) is 0 Å². The topological polar surface area (TPSA) is 94.8 Å². The van der Waals surface area contributed by atoms with Crippen LogP contribution in [0.1, 0.15) is 26.7 Å². The van der Waals surface area contributed by atoms with Gasteiger partial charge in [0.15, 0.2) is 0 Å². The van der Waals surface area contributed by atoms with Gasteiger partial charge in [-0.1, -0.05) is 13.8 Å². The van der Waals surface area contributed by atoms with Crippen LogP contribution in [-0.2, 0) is 9.59 Å². The molecule has 0 fully saturated rings. The van der Waals surface area contributed by atoms with Crippen LogP contribution in [0.2, 0.25) is 0 Å². The molecule has 5 nitrogen and oxygen atoms in total. The van der Waals surface area contributed by atoms with Crippen molar-refractivity contribution in [3.05, 3.63) is 0 Å². The molecule has 0 saturated carbocycles. The van der Waals surface area contributed by atoms with E-state index in [-0.39, 0.29) is 6.42 Å². The van der Waals surface area contributed by atoms with Crippen molar-refractivity contribution in [2.75, 3.05) is 6.61 Å². The van der Waals surface area contributed by atoms with Gasteiger partial charge in [0.1, 0.15) is 0 Å². The van der Waals surface area contributed by atoms with E-state index in [0.29, 0.717) is 6.61 Å². The van der Waals surface area contributed by atoms with E-state index in [2.05, 4.69) is 0 Å². The predicted molar refractivity (Wildman–Crippen MR) is 46.4 cm³/mol. The van der Waals surface area contributed by atoms with Crippen LogP contribution in [-0.4, -0.2) is 33.9 Å². The van der Waals surface area contributed by atoms with E-state index in [4.69, 9.17) is 15.3 Å². The first-order valence-corrected chi connectivity index (χ1v) is 4.01. The number of hydrogen-bond acceptors (Lipinski definition) is 3. The van der Waals surface area contributed by atoms with Gasteiger partial charge in [0, 0.05) is 6.61 Å². The Morgan fingerprint density at radius 1 is 1.31 bits per heavy atom. The molecule has 0 heterocycles. The fourth-order valence-corrected chi connectivity index (χ4v) is 0.349. The monoisotopic (exact) mass is 192 g/mol. The molecule has 0 aliphatic carbocycles. The van der Waals surface area contributed by atoms with Crippen LogP contribution in [0.4, 0.5) is 0 Å². The highest BCUT2D eigenvalue weighted by Gasteiger charge is 2.13. The maximum Gasteiger partial charge on any atom is 0.306 e. The summed E-state index contributed by atoms with van der Waals surface area (Å²) >= 11 is 0. The smallest absolute Gasteiger partial charge is 0.306 e. The maximum atomic E-state index is 9.97. The predicted octanol–water partition coefficient (Wildman–Crippen LogP) is 0.570. The molecule has 0 aliphatic rings. The normalized spacial score (nSPS) is 11.0. The maximum absolute atomic E-state index is 9.97. The van der Waals surface area contributed by atoms with E-state index in [1.807, 2.05) is 6.92 Å². The van der Waals surface area contributed by atoms with Crippen molar-refractivity contribution in [2.45, 2.75) is 26.7 Å². The van der Waals surface area contributed by atoms with Gasteiger partial charge in [0.2, 0.25) is 0 Å². The fourth-order valence-electron chi connectivity index (χ4n) is 0.349. The largest absolute Gasteiger partial charge is 0.481 e. The first kappa shape index (κ1) is 14.4. The summed E-state index contributed by atoms with van der Waals surface area (Å²) in [6, 6.07) is 0. The molecule has 0 spiro atoms. The van der Waals surface area contributed by atoms with Gasteiger partial charge in [-0.15, -0.1) is 0 Å². The molecule has 0 aromatic rings. The summed E-state index contributed by atoms with van der Waals surface area (Å²) in [5.74, 6) is -2.94. The van der Waals surface area contributed by atoms with E-state index in [1.165, 1.54) is 6.92 Å². The molecular formula is C8H16O5. The molecular weight excluding hydrogens is 176 g/mol. The van der Waals surface area contributed by atoms with Gasteiger partial charge in [0.05, 0.1) is 12.3 Å². The summed E-state index contributed by atoms with van der Waals surface area (Å²) in [5, 5.41) is 24.1. The molecule has 0 aromatic heterocycles. The number of aliphatic carboxylic acids is 2. The summed E-state index contributed by atoms with van der Waals surface area (Å²) in [4.78, 5) is 19.8. The molecule has 0 saturated heterocycles. The van der Waals surface area contributed by atoms with E-state index in [1.54, 1.807) is 0 Å². The molecule has 0 amide bonds. The first-order chi connectivity index (χ1) is 5.95. The molecule has 0 rings (SSSR count). The lowest BCUT2D eigenvalue weighted by molar-refractivity contribution is -0.147. The Morgan fingerprint density at radius 3 is 1.77 bits per heavy atom. The van der Waals surface area contributed by atoms with E-state index in [0.717, 1.165) is 6.42 Å². The van der Waals surface area contributed by atoms with Crippen LogP contribution >= 0.6 is 0 Å². The number of carboxylic acid groups (broad SMARTS) is 2. The van der Waals surface area contributed by atoms with Gasteiger partial charge in [-0.2, -0.15) is 0 Å². The van der Waals surface area contributed by atoms with Crippen molar-refractivity contribution < 1.29 is 24.9 Å². The van der Waals surface area contributed by atoms with Crippen LogP contribution in [0.15, 0.2) is 0 Å². The molecule has 3 N–H and O–H groups in total. The summed E-state index contributed by atoms with van der Waals surface area (Å²) in [6.45, 7) is 3.61. The highest BCUT2D eigenvalue weighted by Crippen LogP contribution is 1.99. The standard InChI is InChI=1S/C5H8O4.C3H8O/c1-3(5(8)9)2-4(6)7;1-2-3-4/h3H,2H2,1H3,(H,6,7)(H,8,9);4H,2-3H2,1H3. The summed E-state index contributed by atoms with van der Waals surface area (Å²) in [6.07, 6.45) is 0.565. The molecule has 0 aromatic carbocycles. The molecule has 0 bridgehead atoms. The Hall–Kier alpha value is -1.10. The van der Waals surface area contributed by atoms with Crippen LogP contribution < -0.4 is 0 Å². The highest BCUT2D eigenvalue weighted by molar-refractivity contribution is 5.77. The zero-order chi connectivity index (χ0) is 10.9. The lowest BCUT2D eigenvalue weighted by Crippen LogP contribution is -2.13. The summed E-state index contributed by atoms with van der Waals surface area (Å²) in [7, 11) is 0. The second-order valence-electron chi connectivity index (χ2n) is 2.56. The van der Waals surface area contributed by atoms with Crippen molar-refractivity contribution >= 4 is 11.9 Å². The Morgan fingerprint density at radius 2 is 1.69 bits per heavy atom. The molecule has 1 atom stereocenters. The zero-order valence-electron chi connectivity index (χ0n) is 7.86. The van der Waals surface area contributed by atoms with Gasteiger partial charge < -0.3 is 15.3 Å². The Labute approximate surface area is 77.0 Å². The highest BCUT2D eigenvalue weighted by atomic mass is 16.4. The minimum atomic E-state index is -1.08. The van der Waals surface area contributed by atoms with E-state index in [9.17, 15) is 9.59 Å². The average Bonchev–Trinajstić information content (AvgIpc) is 2.03. The van der Waals surface area contributed by atoms with Crippen molar-refractivity contribution in [1.29, 1.82) is 0 Å².